The first-order valence-electron chi connectivity index (χ1n) is 11.4. The molecule has 0 N–H and O–H groups in total. The van der Waals surface area contributed by atoms with Crippen LogP contribution in [0.1, 0.15) is 37.3 Å². The summed E-state index contributed by atoms with van der Waals surface area (Å²) in [7, 11) is 0. The summed E-state index contributed by atoms with van der Waals surface area (Å²) in [6, 6.07) is 13.8. The van der Waals surface area contributed by atoms with Crippen molar-refractivity contribution < 1.29 is 23.1 Å². The van der Waals surface area contributed by atoms with Gasteiger partial charge in [0.25, 0.3) is 0 Å². The van der Waals surface area contributed by atoms with Gasteiger partial charge in [-0.3, -0.25) is 0 Å². The Bertz CT molecular complexity index is 1460. The molecule has 0 saturated carbocycles. The fraction of sp³-hybridized carbons (Fsp3) is 0.250. The lowest BCUT2D eigenvalue weighted by Crippen LogP contribution is -2.10. The largest absolute Gasteiger partial charge is 0.486 e. The Labute approximate surface area is 202 Å². The van der Waals surface area contributed by atoms with Crippen molar-refractivity contribution in [2.45, 2.75) is 40.0 Å². The predicted molar refractivity (Wildman–Crippen MR) is 135 cm³/mol. The van der Waals surface area contributed by atoms with Gasteiger partial charge < -0.3 is 18.3 Å². The van der Waals surface area contributed by atoms with Crippen molar-refractivity contribution in [2.24, 2.45) is 0 Å². The van der Waals surface area contributed by atoms with Gasteiger partial charge in [-0.05, 0) is 44.0 Å². The molecule has 7 heteroatoms. The third-order valence-electron chi connectivity index (χ3n) is 5.32. The number of benzene rings is 2. The SMILES string of the molecule is C=CC(=O)Oc1ccc2c(C)cc(=O)oc2c1.CCCCCOc1c(C)c2ccccc2oc1=O. The van der Waals surface area contributed by atoms with Crippen LogP contribution in [-0.4, -0.2) is 12.6 Å². The number of aryl methyl sites for hydroxylation is 2. The average Bonchev–Trinajstić information content (AvgIpc) is 2.83. The molecule has 0 radical (unpaired) electrons. The maximum Gasteiger partial charge on any atom is 0.379 e. The molecule has 0 atom stereocenters. The van der Waals surface area contributed by atoms with E-state index >= 15 is 0 Å². The van der Waals surface area contributed by atoms with Crippen molar-refractivity contribution in [3.63, 3.8) is 0 Å². The number of para-hydroxylation sites is 1. The monoisotopic (exact) mass is 476 g/mol. The number of unbranched alkanes of at least 4 members (excludes halogenated alkanes) is 2. The lowest BCUT2D eigenvalue weighted by molar-refractivity contribution is -0.128. The number of esters is 1. The first kappa shape index (κ1) is 25.5. The highest BCUT2D eigenvalue weighted by Crippen LogP contribution is 2.24. The van der Waals surface area contributed by atoms with Gasteiger partial charge in [-0.1, -0.05) is 44.5 Å². The lowest BCUT2D eigenvalue weighted by Gasteiger charge is -2.09. The molecule has 0 spiro atoms. The van der Waals surface area contributed by atoms with Crippen molar-refractivity contribution in [2.75, 3.05) is 6.61 Å². The highest BCUT2D eigenvalue weighted by atomic mass is 16.5. The average molecular weight is 477 g/mol. The van der Waals surface area contributed by atoms with E-state index in [0.717, 1.165) is 47.2 Å². The van der Waals surface area contributed by atoms with Crippen LogP contribution >= 0.6 is 0 Å². The summed E-state index contributed by atoms with van der Waals surface area (Å²) >= 11 is 0. The van der Waals surface area contributed by atoms with Gasteiger partial charge >= 0.3 is 17.2 Å². The van der Waals surface area contributed by atoms with Crippen LogP contribution in [0.15, 0.2) is 79.6 Å². The number of rotatable bonds is 7. The molecule has 0 aliphatic carbocycles. The second-order valence-electron chi connectivity index (χ2n) is 7.93. The molecule has 7 nitrogen and oxygen atoms in total. The van der Waals surface area contributed by atoms with Crippen LogP contribution in [0.4, 0.5) is 0 Å². The first-order valence-corrected chi connectivity index (χ1v) is 11.4. The van der Waals surface area contributed by atoms with Crippen LogP contribution in [0.3, 0.4) is 0 Å². The fourth-order valence-electron chi connectivity index (χ4n) is 3.51. The van der Waals surface area contributed by atoms with E-state index in [1.165, 1.54) is 12.1 Å². The summed E-state index contributed by atoms with van der Waals surface area (Å²) in [6.07, 6.45) is 4.27. The van der Waals surface area contributed by atoms with Crippen LogP contribution in [0.5, 0.6) is 11.5 Å². The number of carbonyl (C=O) groups is 1. The Balaban J connectivity index is 0.000000196. The fourth-order valence-corrected chi connectivity index (χ4v) is 3.51. The van der Waals surface area contributed by atoms with Crippen molar-refractivity contribution in [1.29, 1.82) is 0 Å². The maximum absolute atomic E-state index is 11.8. The molecule has 4 aromatic rings. The minimum absolute atomic E-state index is 0.316. The van der Waals surface area contributed by atoms with Crippen molar-refractivity contribution in [3.8, 4) is 11.5 Å². The Kier molecular flexibility index (Phi) is 8.62. The van der Waals surface area contributed by atoms with E-state index < -0.39 is 11.6 Å². The topological polar surface area (TPSA) is 96.0 Å². The zero-order chi connectivity index (χ0) is 25.4. The van der Waals surface area contributed by atoms with Crippen molar-refractivity contribution in [3.05, 3.63) is 93.2 Å². The molecule has 0 aliphatic heterocycles. The second-order valence-corrected chi connectivity index (χ2v) is 7.93. The normalized spacial score (nSPS) is 10.5. The molecule has 2 aromatic carbocycles. The Morgan fingerprint density at radius 2 is 1.74 bits per heavy atom. The van der Waals surface area contributed by atoms with Gasteiger partial charge in [0.1, 0.15) is 16.9 Å². The molecular formula is C28H28O7. The van der Waals surface area contributed by atoms with Gasteiger partial charge in [-0.25, -0.2) is 14.4 Å². The van der Waals surface area contributed by atoms with Crippen LogP contribution < -0.4 is 20.7 Å². The Hall–Kier alpha value is -4.13. The van der Waals surface area contributed by atoms with E-state index in [4.69, 9.17) is 18.3 Å². The highest BCUT2D eigenvalue weighted by molar-refractivity contribution is 5.86. The van der Waals surface area contributed by atoms with E-state index in [9.17, 15) is 14.4 Å². The van der Waals surface area contributed by atoms with Crippen molar-refractivity contribution in [1.82, 2.24) is 0 Å². The standard InChI is InChI=1S/C15H18O3.C13H10O4/c1-3-4-7-10-17-14-11(2)12-8-5-6-9-13(12)18-15(14)16;1-3-12(14)16-9-4-5-10-8(2)6-13(15)17-11(10)7-9/h5-6,8-9H,3-4,7,10H2,1-2H3;3-7H,1H2,2H3. The van der Waals surface area contributed by atoms with Gasteiger partial charge in [0.15, 0.2) is 0 Å². The summed E-state index contributed by atoms with van der Waals surface area (Å²) < 4.78 is 20.8. The maximum atomic E-state index is 11.8. The molecule has 2 aromatic heterocycles. The van der Waals surface area contributed by atoms with Crippen LogP contribution in [-0.2, 0) is 4.79 Å². The summed E-state index contributed by atoms with van der Waals surface area (Å²) in [4.78, 5) is 34.0. The molecular weight excluding hydrogens is 448 g/mol. The van der Waals surface area contributed by atoms with Crippen molar-refractivity contribution >= 4 is 27.9 Å². The van der Waals surface area contributed by atoms with E-state index in [2.05, 4.69) is 13.5 Å². The van der Waals surface area contributed by atoms with Crippen LogP contribution in [0, 0.1) is 13.8 Å². The molecule has 4 rings (SSSR count). The molecule has 0 fully saturated rings. The highest BCUT2D eigenvalue weighted by Gasteiger charge is 2.11. The molecule has 0 unspecified atom stereocenters. The molecule has 35 heavy (non-hydrogen) atoms. The third kappa shape index (κ3) is 6.47. The predicted octanol–water partition coefficient (Wildman–Crippen LogP) is 5.86. The Morgan fingerprint density at radius 3 is 2.49 bits per heavy atom. The minimum atomic E-state index is -0.556. The van der Waals surface area contributed by atoms with Gasteiger partial charge in [-0.15, -0.1) is 0 Å². The molecule has 0 aliphatic rings. The number of carbonyl (C=O) groups excluding carboxylic acids is 1. The first-order chi connectivity index (χ1) is 16.8. The zero-order valence-corrected chi connectivity index (χ0v) is 20.1. The number of ether oxygens (including phenoxy) is 2. The zero-order valence-electron chi connectivity index (χ0n) is 20.1. The van der Waals surface area contributed by atoms with Gasteiger partial charge in [0, 0.05) is 34.5 Å². The second kappa shape index (κ2) is 11.8. The quantitative estimate of drug-likeness (QED) is 0.108. The minimum Gasteiger partial charge on any atom is -0.486 e. The van der Waals surface area contributed by atoms with Crippen LogP contribution in [0.2, 0.25) is 0 Å². The van der Waals surface area contributed by atoms with Gasteiger partial charge in [0.05, 0.1) is 6.61 Å². The Morgan fingerprint density at radius 1 is 0.971 bits per heavy atom. The lowest BCUT2D eigenvalue weighted by atomic mass is 10.1. The van der Waals surface area contributed by atoms with E-state index in [1.807, 2.05) is 32.0 Å². The molecule has 182 valence electrons. The van der Waals surface area contributed by atoms with Gasteiger partial charge in [0.2, 0.25) is 5.75 Å². The summed E-state index contributed by atoms with van der Waals surface area (Å²) in [5.41, 5.74) is 1.87. The van der Waals surface area contributed by atoms with E-state index in [-0.39, 0.29) is 5.63 Å². The summed E-state index contributed by atoms with van der Waals surface area (Å²) in [5.74, 6) is 0.111. The van der Waals surface area contributed by atoms with E-state index in [1.54, 1.807) is 18.2 Å². The number of hydrogen-bond donors (Lipinski definition) is 0. The molecule has 0 amide bonds. The van der Waals surface area contributed by atoms with Crippen LogP contribution in [0.25, 0.3) is 21.9 Å². The number of fused-ring (bicyclic) bond motifs is 2. The number of hydrogen-bond acceptors (Lipinski definition) is 7. The molecule has 0 bridgehead atoms. The third-order valence-corrected chi connectivity index (χ3v) is 5.32. The summed E-state index contributed by atoms with van der Waals surface area (Å²) in [6.45, 7) is 9.71. The van der Waals surface area contributed by atoms with Gasteiger partial charge in [-0.2, -0.15) is 0 Å². The molecule has 0 saturated heterocycles. The smallest absolute Gasteiger partial charge is 0.379 e. The molecule has 2 heterocycles. The van der Waals surface area contributed by atoms with E-state index in [0.29, 0.717) is 29.3 Å². The summed E-state index contributed by atoms with van der Waals surface area (Å²) in [5, 5.41) is 1.74.